The van der Waals surface area contributed by atoms with Gasteiger partial charge in [0.1, 0.15) is 17.8 Å². The summed E-state index contributed by atoms with van der Waals surface area (Å²) in [6.07, 6.45) is 5.47. The standard InChI is InChI=1S/C55H78N10O17/c1-6-9-28-81-55-64-50(56)49(61-36-66)51(65-55)60-34-39-12-16-40(17-13-39)53(73)58-25-11-27-77-30-32-78-31-29-76-26-10-24-57-44(67)21-23-48(71)82-42-19-14-38(33-43(42)75-5)15-20-45(68)59-35-46(69)62-37(4)52(72)63-41(54(74)80-8-3)18-22-47(70)79-7-2/h12-17,19-20,33,36-37,41H,6-11,18,21-32,34-35H2,1-5H3,(H,57,67)(H,58,73)(H,59,68)(H,61,66)(H,62,69)(H,63,72)(H3,56,60,64,65)/b20-15+/t37-,41+/m0/s1. The molecule has 6 amide bonds. The van der Waals surface area contributed by atoms with E-state index in [1.54, 1.807) is 44.2 Å². The zero-order valence-electron chi connectivity index (χ0n) is 47.2. The summed E-state index contributed by atoms with van der Waals surface area (Å²) in [7, 11) is 1.36. The second kappa shape index (κ2) is 39.9. The number of carbonyl (C=O) groups excluding carboxylic acids is 9. The summed E-state index contributed by atoms with van der Waals surface area (Å²) in [5, 5.41) is 18.6. The number of nitrogen functional groups attached to an aromatic ring is 1. The third-order valence-corrected chi connectivity index (χ3v) is 11.2. The highest BCUT2D eigenvalue weighted by Crippen LogP contribution is 2.30. The molecule has 0 unspecified atom stereocenters. The molecular formula is C55H78N10O17. The Morgan fingerprint density at radius 3 is 2.05 bits per heavy atom. The summed E-state index contributed by atoms with van der Waals surface area (Å²) in [4.78, 5) is 119. The number of benzene rings is 2. The summed E-state index contributed by atoms with van der Waals surface area (Å²) >= 11 is 0. The van der Waals surface area contributed by atoms with Crippen LogP contribution in [0, 0.1) is 0 Å². The molecule has 1 heterocycles. The largest absolute Gasteiger partial charge is 0.493 e. The van der Waals surface area contributed by atoms with E-state index >= 15 is 0 Å². The minimum absolute atomic E-state index is 0.0521. The highest BCUT2D eigenvalue weighted by molar-refractivity contribution is 5.96. The van der Waals surface area contributed by atoms with Gasteiger partial charge in [0.25, 0.3) is 5.91 Å². The van der Waals surface area contributed by atoms with Crippen molar-refractivity contribution in [3.8, 4) is 17.5 Å². The fourth-order valence-corrected chi connectivity index (χ4v) is 6.93. The molecule has 0 saturated heterocycles. The molecule has 3 aromatic rings. The van der Waals surface area contributed by atoms with Gasteiger partial charge in [-0.1, -0.05) is 31.5 Å². The zero-order valence-corrected chi connectivity index (χ0v) is 47.2. The van der Waals surface area contributed by atoms with Gasteiger partial charge in [0.2, 0.25) is 30.0 Å². The first-order valence-electron chi connectivity index (χ1n) is 27.0. The number of nitrogens with zero attached hydrogens (tertiary/aromatic N) is 2. The van der Waals surface area contributed by atoms with E-state index in [1.165, 1.54) is 32.2 Å². The third kappa shape index (κ3) is 27.6. The highest BCUT2D eigenvalue weighted by Gasteiger charge is 2.26. The predicted octanol–water partition coefficient (Wildman–Crippen LogP) is 2.51. The summed E-state index contributed by atoms with van der Waals surface area (Å²) in [5.41, 5.74) is 8.10. The van der Waals surface area contributed by atoms with Gasteiger partial charge in [-0.2, -0.15) is 9.97 Å². The van der Waals surface area contributed by atoms with Crippen molar-refractivity contribution in [3.05, 3.63) is 65.2 Å². The molecule has 0 aliphatic carbocycles. The topological polar surface area (TPSA) is 363 Å². The van der Waals surface area contributed by atoms with Crippen LogP contribution in [0.4, 0.5) is 17.3 Å². The van der Waals surface area contributed by atoms with E-state index in [-0.39, 0.29) is 79.7 Å². The van der Waals surface area contributed by atoms with Gasteiger partial charge in [-0.05, 0) is 87.9 Å². The number of nitrogens with two attached hydrogens (primary N) is 1. The molecule has 0 aliphatic rings. The Bertz CT molecular complexity index is 2550. The second-order valence-electron chi connectivity index (χ2n) is 17.7. The number of unbranched alkanes of at least 4 members (excludes halogenated alkanes) is 1. The maximum Gasteiger partial charge on any atom is 0.328 e. The van der Waals surface area contributed by atoms with E-state index in [9.17, 15) is 43.2 Å². The van der Waals surface area contributed by atoms with Crippen molar-refractivity contribution >= 4 is 77.3 Å². The molecule has 450 valence electrons. The number of aromatic nitrogens is 2. The fraction of sp³-hybridized carbons (Fsp3) is 0.509. The van der Waals surface area contributed by atoms with Gasteiger partial charge < -0.3 is 80.8 Å². The molecule has 82 heavy (non-hydrogen) atoms. The van der Waals surface area contributed by atoms with Crippen LogP contribution < -0.4 is 57.2 Å². The molecule has 1 aromatic heterocycles. The molecule has 0 radical (unpaired) electrons. The fourth-order valence-electron chi connectivity index (χ4n) is 6.93. The summed E-state index contributed by atoms with van der Waals surface area (Å²) in [6, 6.07) is 9.42. The number of ether oxygens (including phenoxy) is 8. The van der Waals surface area contributed by atoms with Crippen LogP contribution in [0.5, 0.6) is 17.5 Å². The summed E-state index contributed by atoms with van der Waals surface area (Å²) in [5.74, 6) is -3.91. The first-order chi connectivity index (χ1) is 39.6. The van der Waals surface area contributed by atoms with Crippen LogP contribution in [0.2, 0.25) is 0 Å². The van der Waals surface area contributed by atoms with Gasteiger partial charge in [0.05, 0.1) is 66.3 Å². The SMILES string of the molecule is CCCCOc1nc(N)c(NC=O)c(NCc2ccc(C(=O)NCCCOCCOCCOCCCNC(=O)CCC(=O)Oc3ccc(/C=C/C(=O)NCC(=O)N[C@@H](C)C(=O)N[C@H](CCC(=O)OCC)C(=O)OCC)cc3OC)cc2)n1. The smallest absolute Gasteiger partial charge is 0.328 e. The van der Waals surface area contributed by atoms with E-state index in [4.69, 9.17) is 43.6 Å². The number of methoxy groups -OCH3 is 1. The molecule has 27 nitrogen and oxygen atoms in total. The first kappa shape index (κ1) is 67.8. The maximum absolute atomic E-state index is 12.7. The molecule has 9 N–H and O–H groups in total. The zero-order chi connectivity index (χ0) is 59.9. The second-order valence-corrected chi connectivity index (χ2v) is 17.7. The van der Waals surface area contributed by atoms with Crippen molar-refractivity contribution in [2.24, 2.45) is 0 Å². The Balaban J connectivity index is 1.20. The van der Waals surface area contributed by atoms with Crippen molar-refractivity contribution < 1.29 is 81.0 Å². The van der Waals surface area contributed by atoms with E-state index in [2.05, 4.69) is 47.2 Å². The number of anilines is 3. The number of carbonyl (C=O) groups is 9. The van der Waals surface area contributed by atoms with Gasteiger partial charge in [-0.15, -0.1) is 0 Å². The van der Waals surface area contributed by atoms with Gasteiger partial charge in [0, 0.05) is 57.3 Å². The molecule has 0 spiro atoms. The van der Waals surface area contributed by atoms with Crippen molar-refractivity contribution in [3.63, 3.8) is 0 Å². The van der Waals surface area contributed by atoms with Crippen molar-refractivity contribution in [2.75, 3.05) is 103 Å². The minimum Gasteiger partial charge on any atom is -0.493 e. The lowest BCUT2D eigenvalue weighted by Gasteiger charge is -2.20. The lowest BCUT2D eigenvalue weighted by molar-refractivity contribution is -0.149. The highest BCUT2D eigenvalue weighted by atomic mass is 16.6. The summed E-state index contributed by atoms with van der Waals surface area (Å²) < 4.78 is 42.9. The number of hydrogen-bond acceptors (Lipinski definition) is 21. The number of nitrogens with one attached hydrogen (secondary N) is 7. The van der Waals surface area contributed by atoms with Gasteiger partial charge in [0.15, 0.2) is 23.1 Å². The quantitative estimate of drug-likeness (QED) is 0.0133. The lowest BCUT2D eigenvalue weighted by atomic mass is 10.1. The third-order valence-electron chi connectivity index (χ3n) is 11.2. The first-order valence-corrected chi connectivity index (χ1v) is 27.0. The van der Waals surface area contributed by atoms with E-state index in [1.807, 2.05) is 6.92 Å². The van der Waals surface area contributed by atoms with Gasteiger partial charge >= 0.3 is 23.9 Å². The molecular weight excluding hydrogens is 1070 g/mol. The van der Waals surface area contributed by atoms with Crippen LogP contribution in [-0.2, 0) is 68.6 Å². The molecule has 0 saturated carbocycles. The monoisotopic (exact) mass is 1150 g/mol. The van der Waals surface area contributed by atoms with Gasteiger partial charge in [-0.25, -0.2) is 4.79 Å². The van der Waals surface area contributed by atoms with E-state index in [0.717, 1.165) is 24.5 Å². The van der Waals surface area contributed by atoms with Crippen LogP contribution in [0.1, 0.15) is 101 Å². The molecule has 27 heteroatoms. The number of esters is 3. The van der Waals surface area contributed by atoms with Crippen LogP contribution in [0.3, 0.4) is 0 Å². The number of rotatable bonds is 42. The normalized spacial score (nSPS) is 11.5. The minimum atomic E-state index is -1.15. The molecule has 0 fully saturated rings. The average Bonchev–Trinajstić information content (AvgIpc) is 3.66. The van der Waals surface area contributed by atoms with E-state index in [0.29, 0.717) is 102 Å². The molecule has 3 rings (SSSR count). The summed E-state index contributed by atoms with van der Waals surface area (Å²) in [6.45, 7) is 10.2. The Labute approximate surface area is 476 Å². The lowest BCUT2D eigenvalue weighted by Crippen LogP contribution is -2.52. The molecule has 2 aromatic carbocycles. The van der Waals surface area contributed by atoms with Crippen LogP contribution in [0.15, 0.2) is 48.5 Å². The maximum atomic E-state index is 12.7. The Morgan fingerprint density at radius 1 is 0.707 bits per heavy atom. The van der Waals surface area contributed by atoms with Crippen LogP contribution in [-0.4, -0.2) is 162 Å². The predicted molar refractivity (Wildman–Crippen MR) is 299 cm³/mol. The Kier molecular flexibility index (Phi) is 33.0. The molecule has 0 bridgehead atoms. The van der Waals surface area contributed by atoms with E-state index < -0.39 is 54.3 Å². The van der Waals surface area contributed by atoms with Crippen molar-refractivity contribution in [2.45, 2.75) is 97.7 Å². The van der Waals surface area contributed by atoms with Crippen LogP contribution >= 0.6 is 0 Å². The Hall–Kier alpha value is -8.43. The van der Waals surface area contributed by atoms with Crippen molar-refractivity contribution in [1.29, 1.82) is 0 Å². The molecule has 2 atom stereocenters. The molecule has 0 aliphatic heterocycles. The van der Waals surface area contributed by atoms with Gasteiger partial charge in [-0.3, -0.25) is 38.4 Å². The number of hydrogen-bond donors (Lipinski definition) is 8. The number of amides is 6. The average molecular weight is 1150 g/mol. The Morgan fingerprint density at radius 2 is 1.39 bits per heavy atom. The van der Waals surface area contributed by atoms with Crippen LogP contribution in [0.25, 0.3) is 6.08 Å². The van der Waals surface area contributed by atoms with Crippen molar-refractivity contribution in [1.82, 2.24) is 36.6 Å².